The minimum absolute atomic E-state index is 0.266. The largest absolute Gasteiger partial charge is 0.457 e. The van der Waals surface area contributed by atoms with Gasteiger partial charge in [-0.15, -0.1) is 0 Å². The SMILES string of the molecule is C=S(=O)(NCCCN(CC)CC)c1ccc2c(c1)C(=O)C(c1ccc3cc(Oc4ccccc4)ccc3n1)C2=O. The molecule has 7 nitrogen and oxygen atoms in total. The van der Waals surface area contributed by atoms with Crippen molar-refractivity contribution in [2.45, 2.75) is 31.1 Å². The average molecular weight is 556 g/mol. The summed E-state index contributed by atoms with van der Waals surface area (Å²) in [6.07, 6.45) is 0.826. The lowest BCUT2D eigenvalue weighted by Gasteiger charge is -2.18. The van der Waals surface area contributed by atoms with Gasteiger partial charge in [0, 0.05) is 28.0 Å². The summed E-state index contributed by atoms with van der Waals surface area (Å²) >= 11 is 0. The fourth-order valence-corrected chi connectivity index (χ4v) is 6.21. The summed E-state index contributed by atoms with van der Waals surface area (Å²) in [6.45, 7) is 7.59. The van der Waals surface area contributed by atoms with Crippen LogP contribution in [0.25, 0.3) is 10.9 Å². The van der Waals surface area contributed by atoms with Crippen LogP contribution in [0.4, 0.5) is 0 Å². The highest BCUT2D eigenvalue weighted by atomic mass is 32.2. The zero-order valence-electron chi connectivity index (χ0n) is 22.8. The van der Waals surface area contributed by atoms with Crippen molar-refractivity contribution in [1.82, 2.24) is 14.6 Å². The molecule has 206 valence electrons. The van der Waals surface area contributed by atoms with Gasteiger partial charge >= 0.3 is 0 Å². The van der Waals surface area contributed by atoms with Crippen molar-refractivity contribution in [1.29, 1.82) is 0 Å². The van der Waals surface area contributed by atoms with Crippen LogP contribution in [0, 0.1) is 0 Å². The number of nitrogens with one attached hydrogen (secondary N) is 1. The number of hydrogen-bond acceptors (Lipinski definition) is 6. The third-order valence-corrected chi connectivity index (χ3v) is 8.95. The molecule has 40 heavy (non-hydrogen) atoms. The van der Waals surface area contributed by atoms with E-state index >= 15 is 0 Å². The Bertz CT molecular complexity index is 1660. The van der Waals surface area contributed by atoms with Gasteiger partial charge in [-0.1, -0.05) is 38.1 Å². The number of carbonyl (C=O) groups excluding carboxylic acids is 2. The highest BCUT2D eigenvalue weighted by Crippen LogP contribution is 2.35. The van der Waals surface area contributed by atoms with E-state index < -0.39 is 15.6 Å². The number of fused-ring (bicyclic) bond motifs is 2. The van der Waals surface area contributed by atoms with Crippen LogP contribution in [-0.4, -0.2) is 57.7 Å². The van der Waals surface area contributed by atoms with Crippen molar-refractivity contribution in [2.75, 3.05) is 26.2 Å². The van der Waals surface area contributed by atoms with Crippen molar-refractivity contribution in [3.05, 3.63) is 95.7 Å². The smallest absolute Gasteiger partial charge is 0.180 e. The molecule has 5 rings (SSSR count). The van der Waals surface area contributed by atoms with Gasteiger partial charge in [-0.3, -0.25) is 14.6 Å². The molecule has 3 aromatic carbocycles. The Kier molecular flexibility index (Phi) is 8.12. The van der Waals surface area contributed by atoms with Crippen molar-refractivity contribution >= 4 is 38.0 Å². The number of hydrogen-bond donors (Lipinski definition) is 1. The molecular weight excluding hydrogens is 522 g/mol. The van der Waals surface area contributed by atoms with Crippen LogP contribution < -0.4 is 9.46 Å². The van der Waals surface area contributed by atoms with E-state index in [1.165, 1.54) is 0 Å². The lowest BCUT2D eigenvalue weighted by molar-refractivity contribution is 0.0888. The van der Waals surface area contributed by atoms with Gasteiger partial charge in [0.2, 0.25) is 0 Å². The van der Waals surface area contributed by atoms with Crippen LogP contribution in [0.2, 0.25) is 0 Å². The number of rotatable bonds is 11. The number of carbonyl (C=O) groups is 2. The second-order valence-electron chi connectivity index (χ2n) is 9.82. The molecule has 0 saturated heterocycles. The normalized spacial score (nSPS) is 16.3. The molecule has 0 saturated carbocycles. The van der Waals surface area contributed by atoms with E-state index in [2.05, 4.69) is 34.3 Å². The first-order valence-electron chi connectivity index (χ1n) is 13.5. The molecule has 0 bridgehead atoms. The first-order chi connectivity index (χ1) is 19.3. The molecule has 1 aromatic heterocycles. The number of pyridine rings is 1. The number of ether oxygens (including phenoxy) is 1. The van der Waals surface area contributed by atoms with E-state index in [0.717, 1.165) is 37.2 Å². The summed E-state index contributed by atoms with van der Waals surface area (Å²) in [6, 6.07) is 23.3. The van der Waals surface area contributed by atoms with Crippen LogP contribution in [-0.2, 0) is 9.71 Å². The third-order valence-electron chi connectivity index (χ3n) is 7.26. The van der Waals surface area contributed by atoms with Crippen molar-refractivity contribution in [3.8, 4) is 11.5 Å². The van der Waals surface area contributed by atoms with Gasteiger partial charge in [0.05, 0.1) is 20.9 Å². The summed E-state index contributed by atoms with van der Waals surface area (Å²) < 4.78 is 22.3. The molecule has 0 spiro atoms. The van der Waals surface area contributed by atoms with Crippen molar-refractivity contribution in [2.24, 2.45) is 0 Å². The van der Waals surface area contributed by atoms with Crippen molar-refractivity contribution < 1.29 is 18.5 Å². The molecule has 1 aliphatic rings. The number of para-hydroxylation sites is 1. The van der Waals surface area contributed by atoms with Gasteiger partial charge in [-0.2, -0.15) is 0 Å². The van der Waals surface area contributed by atoms with Gasteiger partial charge < -0.3 is 9.64 Å². The fourth-order valence-electron chi connectivity index (χ4n) is 4.98. The van der Waals surface area contributed by atoms with Crippen LogP contribution in [0.5, 0.6) is 11.5 Å². The molecular formula is C32H33N3O4S. The first kappa shape index (κ1) is 27.7. The summed E-state index contributed by atoms with van der Waals surface area (Å²) in [5.74, 6) is 3.62. The van der Waals surface area contributed by atoms with E-state index in [4.69, 9.17) is 4.74 Å². The Balaban J connectivity index is 1.33. The quantitative estimate of drug-likeness (QED) is 0.149. The lowest BCUT2D eigenvalue weighted by Crippen LogP contribution is -2.30. The van der Waals surface area contributed by atoms with Gasteiger partial charge in [0.1, 0.15) is 17.4 Å². The minimum Gasteiger partial charge on any atom is -0.457 e. The maximum absolute atomic E-state index is 13.5. The minimum atomic E-state index is -2.83. The van der Waals surface area contributed by atoms with E-state index in [1.807, 2.05) is 54.6 Å². The van der Waals surface area contributed by atoms with E-state index in [0.29, 0.717) is 34.0 Å². The van der Waals surface area contributed by atoms with Gasteiger partial charge in [-0.05, 0) is 86.5 Å². The molecule has 2 unspecified atom stereocenters. The number of Topliss-reactive ketones (excluding diaryl/α,β-unsaturated/α-hetero) is 2. The summed E-state index contributed by atoms with van der Waals surface area (Å²) in [5.41, 5.74) is 1.64. The van der Waals surface area contributed by atoms with E-state index in [-0.39, 0.29) is 17.1 Å². The molecule has 8 heteroatoms. The summed E-state index contributed by atoms with van der Waals surface area (Å²) in [7, 11) is -2.83. The zero-order valence-corrected chi connectivity index (χ0v) is 23.6. The monoisotopic (exact) mass is 555 g/mol. The fraction of sp³-hybridized carbons (Fsp3) is 0.250. The molecule has 0 amide bonds. The predicted octanol–water partition coefficient (Wildman–Crippen LogP) is 5.50. The molecule has 0 radical (unpaired) electrons. The van der Waals surface area contributed by atoms with Crippen LogP contribution in [0.15, 0.2) is 83.8 Å². The Morgan fingerprint density at radius 2 is 1.65 bits per heavy atom. The van der Waals surface area contributed by atoms with E-state index in [9.17, 15) is 13.8 Å². The molecule has 0 fully saturated rings. The van der Waals surface area contributed by atoms with Crippen LogP contribution >= 0.6 is 0 Å². The summed E-state index contributed by atoms with van der Waals surface area (Å²) in [5, 5.41) is 0.832. The van der Waals surface area contributed by atoms with Gasteiger partial charge in [0.25, 0.3) is 0 Å². The molecule has 4 aromatic rings. The highest BCUT2D eigenvalue weighted by molar-refractivity contribution is 7.98. The Labute approximate surface area is 235 Å². The molecule has 1 aliphatic carbocycles. The predicted molar refractivity (Wildman–Crippen MR) is 160 cm³/mol. The van der Waals surface area contributed by atoms with E-state index in [1.54, 1.807) is 24.3 Å². The molecule has 0 aliphatic heterocycles. The summed E-state index contributed by atoms with van der Waals surface area (Å²) in [4.78, 5) is 34.1. The number of nitrogens with zero attached hydrogens (tertiary/aromatic N) is 2. The van der Waals surface area contributed by atoms with Gasteiger partial charge in [-0.25, -0.2) is 8.93 Å². The molecule has 1 heterocycles. The Hall–Kier alpha value is -3.85. The number of benzene rings is 3. The highest BCUT2D eigenvalue weighted by Gasteiger charge is 2.41. The second-order valence-corrected chi connectivity index (χ2v) is 11.9. The number of aromatic nitrogens is 1. The van der Waals surface area contributed by atoms with Crippen molar-refractivity contribution in [3.63, 3.8) is 0 Å². The average Bonchev–Trinajstić information content (AvgIpc) is 3.22. The molecule has 1 N–H and O–H groups in total. The second kappa shape index (κ2) is 11.7. The topological polar surface area (TPSA) is 88.6 Å². The van der Waals surface area contributed by atoms with Crippen LogP contribution in [0.3, 0.4) is 0 Å². The Morgan fingerprint density at radius 1 is 0.900 bits per heavy atom. The maximum Gasteiger partial charge on any atom is 0.180 e. The first-order valence-corrected chi connectivity index (χ1v) is 15.2. The standard InChI is InChI=1S/C32H33N3O4S/c1-4-35(5-2)19-9-18-33-40(3,38)25-14-15-26-27(21-25)32(37)30(31(26)36)29-16-12-22-20-24(13-17-28(22)34-29)39-23-10-7-6-8-11-23/h6-8,10-17,20-21,30H,3-5,9,18-19H2,1-2H3,(H,33,38). The van der Waals surface area contributed by atoms with Gasteiger partial charge in [0.15, 0.2) is 11.6 Å². The maximum atomic E-state index is 13.5. The molecule has 2 atom stereocenters. The third kappa shape index (κ3) is 5.70. The lowest BCUT2D eigenvalue weighted by atomic mass is 9.98. The number of ketones is 2. The van der Waals surface area contributed by atoms with Crippen LogP contribution in [0.1, 0.15) is 52.6 Å². The zero-order chi connectivity index (χ0) is 28.3. The Morgan fingerprint density at radius 3 is 2.40 bits per heavy atom.